The van der Waals surface area contributed by atoms with Crippen molar-refractivity contribution in [3.63, 3.8) is 0 Å². The molecule has 138 valence electrons. The van der Waals surface area contributed by atoms with Crippen LogP contribution in [0.1, 0.15) is 13.8 Å². The molecule has 0 unspecified atom stereocenters. The van der Waals surface area contributed by atoms with Crippen molar-refractivity contribution in [1.29, 1.82) is 0 Å². The maximum Gasteiger partial charge on any atom is 0.331 e. The normalized spacial score (nSPS) is 10.0. The minimum absolute atomic E-state index is 0.375. The Morgan fingerprint density at radius 1 is 1.23 bits per heavy atom. The number of carbonyl (C=O) groups is 2. The van der Waals surface area contributed by atoms with Crippen LogP contribution in [0.3, 0.4) is 0 Å². The molecule has 0 bridgehead atoms. The smallest absolute Gasteiger partial charge is 0.331 e. The molecule has 1 amide bonds. The Hall–Kier alpha value is -2.87. The molecule has 0 spiro atoms. The van der Waals surface area contributed by atoms with Gasteiger partial charge in [-0.15, -0.1) is 11.3 Å². The van der Waals surface area contributed by atoms with Gasteiger partial charge in [-0.05, 0) is 32.0 Å². The van der Waals surface area contributed by atoms with Crippen molar-refractivity contribution >= 4 is 28.3 Å². The molecule has 1 N–H and O–H groups in total. The Kier molecular flexibility index (Phi) is 6.74. The Morgan fingerprint density at radius 3 is 2.65 bits per heavy atom. The van der Waals surface area contributed by atoms with Gasteiger partial charge in [0, 0.05) is 17.0 Å². The van der Waals surface area contributed by atoms with E-state index in [1.807, 2.05) is 0 Å². The van der Waals surface area contributed by atoms with Crippen LogP contribution in [-0.4, -0.2) is 37.7 Å². The molecule has 0 saturated carbocycles. The summed E-state index contributed by atoms with van der Waals surface area (Å²) in [6.07, 6.45) is 1.32. The van der Waals surface area contributed by atoms with Gasteiger partial charge in [-0.1, -0.05) is 5.57 Å². The lowest BCUT2D eigenvalue weighted by Crippen LogP contribution is -2.20. The lowest BCUT2D eigenvalue weighted by molar-refractivity contribution is -0.142. The number of benzene rings is 1. The number of nitrogens with one attached hydrogen (secondary N) is 1. The van der Waals surface area contributed by atoms with Gasteiger partial charge < -0.3 is 14.2 Å². The van der Waals surface area contributed by atoms with E-state index >= 15 is 0 Å². The molecule has 0 atom stereocenters. The first-order valence-electron chi connectivity index (χ1n) is 7.72. The molecule has 0 saturated heterocycles. The van der Waals surface area contributed by atoms with E-state index in [0.29, 0.717) is 22.3 Å². The van der Waals surface area contributed by atoms with E-state index in [1.165, 1.54) is 17.4 Å². The third-order valence-corrected chi connectivity index (χ3v) is 3.94. The number of amides is 1. The second-order valence-corrected chi connectivity index (χ2v) is 6.34. The summed E-state index contributed by atoms with van der Waals surface area (Å²) in [6, 6.07) is 5.38. The van der Waals surface area contributed by atoms with Gasteiger partial charge in [0.15, 0.2) is 11.7 Å². The number of carbonyl (C=O) groups excluding carboxylic acids is 2. The number of allylic oxidation sites excluding steroid dienone is 1. The van der Waals surface area contributed by atoms with Crippen LogP contribution in [0.5, 0.6) is 11.5 Å². The lowest BCUT2D eigenvalue weighted by atomic mass is 10.1. The number of methoxy groups -OCH3 is 2. The maximum absolute atomic E-state index is 11.9. The summed E-state index contributed by atoms with van der Waals surface area (Å²) in [7, 11) is 3.15. The van der Waals surface area contributed by atoms with Crippen LogP contribution >= 0.6 is 11.3 Å². The van der Waals surface area contributed by atoms with E-state index in [9.17, 15) is 9.59 Å². The summed E-state index contributed by atoms with van der Waals surface area (Å²) in [5.74, 6) is 0.301. The molecule has 8 heteroatoms. The van der Waals surface area contributed by atoms with E-state index in [0.717, 1.165) is 11.1 Å². The molecule has 2 rings (SSSR count). The van der Waals surface area contributed by atoms with Crippen molar-refractivity contribution in [3.05, 3.63) is 35.2 Å². The van der Waals surface area contributed by atoms with Gasteiger partial charge in [-0.3, -0.25) is 10.1 Å². The predicted octanol–water partition coefficient (Wildman–Crippen LogP) is 3.28. The first-order valence-corrected chi connectivity index (χ1v) is 8.60. The van der Waals surface area contributed by atoms with Crippen molar-refractivity contribution in [3.8, 4) is 22.8 Å². The molecule has 0 fully saturated rings. The zero-order valence-corrected chi connectivity index (χ0v) is 15.8. The number of esters is 1. The number of anilines is 1. The predicted molar refractivity (Wildman–Crippen MR) is 99.7 cm³/mol. The molecule has 0 aliphatic heterocycles. The Bertz CT molecular complexity index is 825. The standard InChI is InChI=1S/C18H20N2O5S/c1-11(2)7-17(22)25-9-16(21)20-18-19-14(10-26-18)13-8-12(23-3)5-6-15(13)24-4/h5-8,10H,9H2,1-4H3,(H,19,20,21). The SMILES string of the molecule is COc1ccc(OC)c(-c2csc(NC(=O)COC(=O)C=C(C)C)n2)c1. The van der Waals surface area contributed by atoms with Crippen molar-refractivity contribution in [2.24, 2.45) is 0 Å². The zero-order chi connectivity index (χ0) is 19.1. The van der Waals surface area contributed by atoms with Gasteiger partial charge in [0.2, 0.25) is 0 Å². The molecule has 26 heavy (non-hydrogen) atoms. The van der Waals surface area contributed by atoms with Crippen LogP contribution in [0, 0.1) is 0 Å². The highest BCUT2D eigenvalue weighted by Gasteiger charge is 2.13. The van der Waals surface area contributed by atoms with Crippen LogP contribution in [0.25, 0.3) is 11.3 Å². The topological polar surface area (TPSA) is 86.8 Å². The number of aromatic nitrogens is 1. The van der Waals surface area contributed by atoms with Gasteiger partial charge in [0.1, 0.15) is 11.5 Å². The van der Waals surface area contributed by atoms with Crippen LogP contribution < -0.4 is 14.8 Å². The first-order chi connectivity index (χ1) is 12.4. The van der Waals surface area contributed by atoms with Gasteiger partial charge in [-0.2, -0.15) is 0 Å². The summed E-state index contributed by atoms with van der Waals surface area (Å²) in [5, 5.41) is 4.80. The third-order valence-electron chi connectivity index (χ3n) is 3.19. The molecule has 1 heterocycles. The van der Waals surface area contributed by atoms with Crippen LogP contribution in [0.4, 0.5) is 5.13 Å². The highest BCUT2D eigenvalue weighted by atomic mass is 32.1. The monoisotopic (exact) mass is 376 g/mol. The molecule has 0 radical (unpaired) electrons. The number of hydrogen-bond donors (Lipinski definition) is 1. The average molecular weight is 376 g/mol. The van der Waals surface area contributed by atoms with Crippen LogP contribution in [-0.2, 0) is 14.3 Å². The van der Waals surface area contributed by atoms with E-state index in [-0.39, 0.29) is 6.61 Å². The molecule has 2 aromatic rings. The van der Waals surface area contributed by atoms with Crippen LogP contribution in [0.15, 0.2) is 35.2 Å². The first kappa shape index (κ1) is 19.5. The minimum atomic E-state index is -0.555. The number of ether oxygens (including phenoxy) is 3. The summed E-state index contributed by atoms with van der Waals surface area (Å²) in [6.45, 7) is 3.16. The Balaban J connectivity index is 2.05. The second-order valence-electron chi connectivity index (χ2n) is 5.48. The fourth-order valence-electron chi connectivity index (χ4n) is 2.04. The number of hydrogen-bond acceptors (Lipinski definition) is 7. The Morgan fingerprint density at radius 2 is 2.00 bits per heavy atom. The maximum atomic E-state index is 11.9. The minimum Gasteiger partial charge on any atom is -0.497 e. The van der Waals surface area contributed by atoms with Crippen molar-refractivity contribution in [2.75, 3.05) is 26.1 Å². The molecule has 7 nitrogen and oxygen atoms in total. The van der Waals surface area contributed by atoms with E-state index < -0.39 is 11.9 Å². The fraction of sp³-hybridized carbons (Fsp3) is 0.278. The number of rotatable bonds is 7. The summed E-state index contributed by atoms with van der Waals surface area (Å²) >= 11 is 1.26. The van der Waals surface area contributed by atoms with Gasteiger partial charge in [0.25, 0.3) is 5.91 Å². The quantitative estimate of drug-likeness (QED) is 0.589. The molecule has 0 aliphatic rings. The largest absolute Gasteiger partial charge is 0.497 e. The molecule has 0 aliphatic carbocycles. The van der Waals surface area contributed by atoms with Gasteiger partial charge in [-0.25, -0.2) is 9.78 Å². The van der Waals surface area contributed by atoms with E-state index in [4.69, 9.17) is 14.2 Å². The fourth-order valence-corrected chi connectivity index (χ4v) is 2.77. The second kappa shape index (κ2) is 9.00. The van der Waals surface area contributed by atoms with Crippen molar-refractivity contribution < 1.29 is 23.8 Å². The highest BCUT2D eigenvalue weighted by Crippen LogP contribution is 2.34. The molecule has 1 aromatic carbocycles. The Labute approximate surface area is 155 Å². The van der Waals surface area contributed by atoms with Crippen molar-refractivity contribution in [1.82, 2.24) is 4.98 Å². The van der Waals surface area contributed by atoms with Crippen LogP contribution in [0.2, 0.25) is 0 Å². The summed E-state index contributed by atoms with van der Waals surface area (Å²) in [5.41, 5.74) is 2.19. The van der Waals surface area contributed by atoms with Gasteiger partial charge >= 0.3 is 5.97 Å². The molecular weight excluding hydrogens is 356 g/mol. The third kappa shape index (κ3) is 5.32. The molecule has 1 aromatic heterocycles. The summed E-state index contributed by atoms with van der Waals surface area (Å²) < 4.78 is 15.4. The molecular formula is C18H20N2O5S. The lowest BCUT2D eigenvalue weighted by Gasteiger charge is -2.08. The van der Waals surface area contributed by atoms with Crippen molar-refractivity contribution in [2.45, 2.75) is 13.8 Å². The zero-order valence-electron chi connectivity index (χ0n) is 15.0. The highest BCUT2D eigenvalue weighted by molar-refractivity contribution is 7.14. The average Bonchev–Trinajstić information content (AvgIpc) is 3.07. The van der Waals surface area contributed by atoms with E-state index in [2.05, 4.69) is 10.3 Å². The number of thiazole rings is 1. The number of nitrogens with zero attached hydrogens (tertiary/aromatic N) is 1. The van der Waals surface area contributed by atoms with E-state index in [1.54, 1.807) is 51.6 Å². The van der Waals surface area contributed by atoms with Gasteiger partial charge in [0.05, 0.1) is 19.9 Å². The summed E-state index contributed by atoms with van der Waals surface area (Å²) in [4.78, 5) is 27.7.